The Morgan fingerprint density at radius 1 is 1.13 bits per heavy atom. The van der Waals surface area contributed by atoms with E-state index in [9.17, 15) is 22.8 Å². The molecule has 0 fully saturated rings. The molecule has 4 rings (SSSR count). The van der Waals surface area contributed by atoms with Crippen LogP contribution in [0.5, 0.6) is 11.5 Å². The van der Waals surface area contributed by atoms with Gasteiger partial charge in [0.05, 0.1) is 16.5 Å². The molecule has 0 unspecified atom stereocenters. The highest BCUT2D eigenvalue weighted by atomic mass is 32.2. The average Bonchev–Trinajstić information content (AvgIpc) is 2.71. The van der Waals surface area contributed by atoms with Crippen LogP contribution in [0, 0.1) is 0 Å². The second-order valence-corrected chi connectivity index (χ2v) is 8.01. The molecule has 2 heterocycles. The van der Waals surface area contributed by atoms with Crippen LogP contribution in [0.1, 0.15) is 17.5 Å². The van der Waals surface area contributed by atoms with Gasteiger partial charge in [-0.1, -0.05) is 6.07 Å². The van der Waals surface area contributed by atoms with Gasteiger partial charge in [0.15, 0.2) is 11.5 Å². The molecule has 2 aromatic carbocycles. The van der Waals surface area contributed by atoms with Gasteiger partial charge in [0.2, 0.25) is 11.8 Å². The normalized spacial score (nSPS) is 17.7. The molecule has 2 N–H and O–H groups in total. The maximum Gasteiger partial charge on any atom is 0.416 e. The van der Waals surface area contributed by atoms with Crippen molar-refractivity contribution in [3.63, 3.8) is 0 Å². The molecule has 30 heavy (non-hydrogen) atoms. The average molecular weight is 438 g/mol. The van der Waals surface area contributed by atoms with E-state index in [-0.39, 0.29) is 24.6 Å². The van der Waals surface area contributed by atoms with E-state index >= 15 is 0 Å². The standard InChI is InChI=1S/C20H17F3N2O4S/c21-20(22,23)12-2-4-16-13(8-12)25-19(27)17(30-16)9-18(26)24-10-11-1-3-14-15(7-11)29-6-5-28-14/h1-4,7-8,17H,5-6,9-10H2,(H,24,26)(H,25,27)/t17-/m1/s1. The van der Waals surface area contributed by atoms with Crippen LogP contribution in [0.3, 0.4) is 0 Å². The van der Waals surface area contributed by atoms with Gasteiger partial charge in [-0.05, 0) is 35.9 Å². The number of nitrogens with one attached hydrogen (secondary N) is 2. The van der Waals surface area contributed by atoms with E-state index in [2.05, 4.69) is 10.6 Å². The molecule has 2 amide bonds. The first kappa shape index (κ1) is 20.4. The fraction of sp³-hybridized carbons (Fsp3) is 0.300. The molecule has 0 radical (unpaired) electrons. The number of anilines is 1. The van der Waals surface area contributed by atoms with Gasteiger partial charge in [-0.2, -0.15) is 13.2 Å². The van der Waals surface area contributed by atoms with Crippen LogP contribution in [-0.4, -0.2) is 30.3 Å². The predicted molar refractivity (Wildman–Crippen MR) is 104 cm³/mol. The number of ether oxygens (including phenoxy) is 2. The molecule has 0 saturated heterocycles. The number of halogens is 3. The van der Waals surface area contributed by atoms with Crippen LogP contribution in [0.4, 0.5) is 18.9 Å². The summed E-state index contributed by atoms with van der Waals surface area (Å²) in [5.74, 6) is 0.429. The lowest BCUT2D eigenvalue weighted by molar-refractivity contribution is -0.137. The van der Waals surface area contributed by atoms with Crippen LogP contribution in [-0.2, 0) is 22.3 Å². The van der Waals surface area contributed by atoms with Crippen molar-refractivity contribution in [2.24, 2.45) is 0 Å². The molecule has 0 aliphatic carbocycles. The number of fused-ring (bicyclic) bond motifs is 2. The van der Waals surface area contributed by atoms with E-state index in [4.69, 9.17) is 9.47 Å². The molecule has 2 aromatic rings. The van der Waals surface area contributed by atoms with Crippen molar-refractivity contribution in [2.45, 2.75) is 29.3 Å². The van der Waals surface area contributed by atoms with Gasteiger partial charge in [0.1, 0.15) is 13.2 Å². The maximum absolute atomic E-state index is 12.8. The molecule has 10 heteroatoms. The third-order valence-corrected chi connectivity index (χ3v) is 5.87. The third kappa shape index (κ3) is 4.48. The molecule has 0 aromatic heterocycles. The van der Waals surface area contributed by atoms with Crippen molar-refractivity contribution in [2.75, 3.05) is 18.5 Å². The number of carbonyl (C=O) groups excluding carboxylic acids is 2. The molecule has 158 valence electrons. The number of hydrogen-bond donors (Lipinski definition) is 2. The summed E-state index contributed by atoms with van der Waals surface area (Å²) in [6, 6.07) is 8.53. The van der Waals surface area contributed by atoms with Crippen LogP contribution >= 0.6 is 11.8 Å². The minimum atomic E-state index is -4.49. The first-order chi connectivity index (χ1) is 14.3. The van der Waals surface area contributed by atoms with Crippen molar-refractivity contribution in [1.29, 1.82) is 0 Å². The summed E-state index contributed by atoms with van der Waals surface area (Å²) in [6.45, 7) is 1.20. The van der Waals surface area contributed by atoms with Crippen LogP contribution < -0.4 is 20.1 Å². The Morgan fingerprint density at radius 2 is 1.90 bits per heavy atom. The van der Waals surface area contributed by atoms with Crippen LogP contribution in [0.2, 0.25) is 0 Å². The molecular formula is C20H17F3N2O4S. The quantitative estimate of drug-likeness (QED) is 0.763. The number of carbonyl (C=O) groups is 2. The largest absolute Gasteiger partial charge is 0.486 e. The Balaban J connectivity index is 1.35. The van der Waals surface area contributed by atoms with Gasteiger partial charge >= 0.3 is 6.18 Å². The van der Waals surface area contributed by atoms with Gasteiger partial charge in [-0.15, -0.1) is 11.8 Å². The lowest BCUT2D eigenvalue weighted by atomic mass is 10.1. The zero-order valence-corrected chi connectivity index (χ0v) is 16.4. The van der Waals surface area contributed by atoms with Crippen molar-refractivity contribution >= 4 is 29.3 Å². The van der Waals surface area contributed by atoms with E-state index in [0.29, 0.717) is 29.6 Å². The van der Waals surface area contributed by atoms with Crippen molar-refractivity contribution in [3.8, 4) is 11.5 Å². The number of benzene rings is 2. The first-order valence-corrected chi connectivity index (χ1v) is 10.0. The third-order valence-electron chi connectivity index (χ3n) is 4.59. The Morgan fingerprint density at radius 3 is 2.67 bits per heavy atom. The second kappa shape index (κ2) is 8.10. The highest BCUT2D eigenvalue weighted by molar-refractivity contribution is 8.01. The highest BCUT2D eigenvalue weighted by Crippen LogP contribution is 2.40. The number of alkyl halides is 3. The summed E-state index contributed by atoms with van der Waals surface area (Å²) in [4.78, 5) is 25.1. The van der Waals surface area contributed by atoms with Crippen LogP contribution in [0.25, 0.3) is 0 Å². The first-order valence-electron chi connectivity index (χ1n) is 9.13. The van der Waals surface area contributed by atoms with E-state index in [1.165, 1.54) is 6.07 Å². The Bertz CT molecular complexity index is 997. The number of thioether (sulfide) groups is 1. The molecule has 2 aliphatic heterocycles. The fourth-order valence-corrected chi connectivity index (χ4v) is 4.19. The van der Waals surface area contributed by atoms with Gasteiger partial charge in [0, 0.05) is 17.9 Å². The lowest BCUT2D eigenvalue weighted by Crippen LogP contribution is -2.34. The summed E-state index contributed by atoms with van der Waals surface area (Å²) in [7, 11) is 0. The number of hydrogen-bond acceptors (Lipinski definition) is 5. The zero-order valence-electron chi connectivity index (χ0n) is 15.5. The van der Waals surface area contributed by atoms with E-state index < -0.39 is 22.9 Å². The molecule has 0 saturated carbocycles. The van der Waals surface area contributed by atoms with Crippen LogP contribution in [0.15, 0.2) is 41.3 Å². The van der Waals surface area contributed by atoms with Gasteiger partial charge < -0.3 is 20.1 Å². The lowest BCUT2D eigenvalue weighted by Gasteiger charge is -2.24. The molecule has 0 bridgehead atoms. The number of rotatable bonds is 4. The van der Waals surface area contributed by atoms with Crippen molar-refractivity contribution < 1.29 is 32.2 Å². The molecule has 0 spiro atoms. The Labute approximate surface area is 174 Å². The molecule has 1 atom stereocenters. The van der Waals surface area contributed by atoms with Gasteiger partial charge in [-0.25, -0.2) is 0 Å². The zero-order chi connectivity index (χ0) is 21.3. The van der Waals surface area contributed by atoms with E-state index in [1.807, 2.05) is 6.07 Å². The van der Waals surface area contributed by atoms with E-state index in [1.54, 1.807) is 12.1 Å². The Kier molecular flexibility index (Phi) is 5.50. The molecule has 2 aliphatic rings. The number of amides is 2. The maximum atomic E-state index is 12.8. The summed E-state index contributed by atoms with van der Waals surface area (Å²) < 4.78 is 49.5. The van der Waals surface area contributed by atoms with E-state index in [0.717, 1.165) is 29.5 Å². The second-order valence-electron chi connectivity index (χ2n) is 6.76. The summed E-state index contributed by atoms with van der Waals surface area (Å²) in [5, 5.41) is 4.49. The molecular weight excluding hydrogens is 421 g/mol. The SMILES string of the molecule is O=C(C[C@H]1Sc2ccc(C(F)(F)F)cc2NC1=O)NCc1ccc2c(c1)OCCO2. The smallest absolute Gasteiger partial charge is 0.416 e. The fourth-order valence-electron chi connectivity index (χ4n) is 3.10. The summed E-state index contributed by atoms with van der Waals surface area (Å²) in [6.07, 6.45) is -4.59. The highest BCUT2D eigenvalue weighted by Gasteiger charge is 2.34. The summed E-state index contributed by atoms with van der Waals surface area (Å²) in [5.41, 5.74) is 0.0870. The van der Waals surface area contributed by atoms with Crippen molar-refractivity contribution in [3.05, 3.63) is 47.5 Å². The topological polar surface area (TPSA) is 76.7 Å². The Hall–Kier alpha value is -2.88. The molecule has 6 nitrogen and oxygen atoms in total. The van der Waals surface area contributed by atoms with Gasteiger partial charge in [-0.3, -0.25) is 9.59 Å². The monoisotopic (exact) mass is 438 g/mol. The minimum Gasteiger partial charge on any atom is -0.486 e. The van der Waals surface area contributed by atoms with Gasteiger partial charge in [0.25, 0.3) is 0 Å². The van der Waals surface area contributed by atoms with Crippen molar-refractivity contribution in [1.82, 2.24) is 5.32 Å². The minimum absolute atomic E-state index is 0.0957. The predicted octanol–water partition coefficient (Wildman–Crippen LogP) is 3.60. The summed E-state index contributed by atoms with van der Waals surface area (Å²) >= 11 is 1.08.